The molecule has 19 heavy (non-hydrogen) atoms. The number of amides is 1. The van der Waals surface area contributed by atoms with Gasteiger partial charge in [-0.15, -0.1) is 0 Å². The van der Waals surface area contributed by atoms with E-state index in [2.05, 4.69) is 12.2 Å². The molecule has 0 aliphatic rings. The normalized spacial score (nSPS) is 11.3. The SMILES string of the molecule is CCCCCNC(=O)c1ccc(Cl)c(S(=O)(=O)Cl)c1. The summed E-state index contributed by atoms with van der Waals surface area (Å²) >= 11 is 5.74. The van der Waals surface area contributed by atoms with Crippen LogP contribution in [0.2, 0.25) is 5.02 Å². The smallest absolute Gasteiger partial charge is 0.262 e. The van der Waals surface area contributed by atoms with E-state index in [1.54, 1.807) is 0 Å². The molecule has 0 saturated heterocycles. The van der Waals surface area contributed by atoms with Gasteiger partial charge in [-0.1, -0.05) is 31.4 Å². The van der Waals surface area contributed by atoms with E-state index in [0.717, 1.165) is 19.3 Å². The molecule has 0 atom stereocenters. The molecule has 0 aliphatic carbocycles. The standard InChI is InChI=1S/C12H15Cl2NO3S/c1-2-3-4-7-15-12(16)9-5-6-10(13)11(8-9)19(14,17)18/h5-6,8H,2-4,7H2,1H3,(H,15,16). The summed E-state index contributed by atoms with van der Waals surface area (Å²) in [6.07, 6.45) is 2.98. The summed E-state index contributed by atoms with van der Waals surface area (Å²) in [5.41, 5.74) is 0.222. The van der Waals surface area contributed by atoms with Gasteiger partial charge < -0.3 is 5.32 Å². The third kappa shape index (κ3) is 5.01. The van der Waals surface area contributed by atoms with Crippen LogP contribution in [0.1, 0.15) is 36.5 Å². The number of nitrogens with one attached hydrogen (secondary N) is 1. The fourth-order valence-corrected chi connectivity index (χ4v) is 3.00. The summed E-state index contributed by atoms with van der Waals surface area (Å²) in [6.45, 7) is 2.62. The molecule has 0 spiro atoms. The molecule has 0 unspecified atom stereocenters. The largest absolute Gasteiger partial charge is 0.352 e. The summed E-state index contributed by atoms with van der Waals surface area (Å²) in [4.78, 5) is 11.6. The zero-order valence-electron chi connectivity index (χ0n) is 10.4. The lowest BCUT2D eigenvalue weighted by molar-refractivity contribution is 0.0953. The zero-order valence-corrected chi connectivity index (χ0v) is 12.8. The molecule has 1 aromatic carbocycles. The Balaban J connectivity index is 2.82. The van der Waals surface area contributed by atoms with Crippen LogP contribution in [0.25, 0.3) is 0 Å². The van der Waals surface area contributed by atoms with Gasteiger partial charge in [-0.05, 0) is 24.6 Å². The van der Waals surface area contributed by atoms with E-state index in [1.807, 2.05) is 0 Å². The van der Waals surface area contributed by atoms with E-state index >= 15 is 0 Å². The van der Waals surface area contributed by atoms with E-state index in [-0.39, 0.29) is 21.4 Å². The van der Waals surface area contributed by atoms with Crippen LogP contribution in [0.4, 0.5) is 0 Å². The van der Waals surface area contributed by atoms with Crippen molar-refractivity contribution < 1.29 is 13.2 Å². The molecule has 4 nitrogen and oxygen atoms in total. The molecule has 0 saturated carbocycles. The van der Waals surface area contributed by atoms with Crippen molar-refractivity contribution in [3.8, 4) is 0 Å². The fourth-order valence-electron chi connectivity index (χ4n) is 1.51. The molecule has 0 radical (unpaired) electrons. The highest BCUT2D eigenvalue weighted by molar-refractivity contribution is 8.13. The maximum absolute atomic E-state index is 11.8. The number of unbranched alkanes of at least 4 members (excludes halogenated alkanes) is 2. The van der Waals surface area contributed by atoms with Gasteiger partial charge in [0.1, 0.15) is 4.90 Å². The van der Waals surface area contributed by atoms with E-state index in [4.69, 9.17) is 22.3 Å². The van der Waals surface area contributed by atoms with Gasteiger partial charge in [-0.2, -0.15) is 0 Å². The van der Waals surface area contributed by atoms with Crippen LogP contribution in [-0.4, -0.2) is 20.9 Å². The summed E-state index contributed by atoms with van der Waals surface area (Å²) in [7, 11) is 1.28. The Morgan fingerprint density at radius 1 is 1.32 bits per heavy atom. The molecule has 106 valence electrons. The van der Waals surface area contributed by atoms with Crippen LogP contribution in [0.15, 0.2) is 23.1 Å². The number of halogens is 2. The van der Waals surface area contributed by atoms with Gasteiger partial charge in [0.25, 0.3) is 15.0 Å². The lowest BCUT2D eigenvalue weighted by atomic mass is 10.2. The Labute approximate surface area is 122 Å². The van der Waals surface area contributed by atoms with Crippen molar-refractivity contribution in [3.63, 3.8) is 0 Å². The van der Waals surface area contributed by atoms with Gasteiger partial charge in [-0.25, -0.2) is 8.42 Å². The number of carbonyl (C=O) groups excluding carboxylic acids is 1. The average Bonchev–Trinajstić information content (AvgIpc) is 2.33. The van der Waals surface area contributed by atoms with Crippen LogP contribution < -0.4 is 5.32 Å². The minimum Gasteiger partial charge on any atom is -0.352 e. The minimum atomic E-state index is -3.96. The summed E-state index contributed by atoms with van der Waals surface area (Å²) in [6, 6.07) is 3.99. The van der Waals surface area contributed by atoms with Crippen LogP contribution in [0, 0.1) is 0 Å². The van der Waals surface area contributed by atoms with Crippen molar-refractivity contribution in [2.75, 3.05) is 6.54 Å². The fraction of sp³-hybridized carbons (Fsp3) is 0.417. The second kappa shape index (κ2) is 7.12. The van der Waals surface area contributed by atoms with E-state index in [0.29, 0.717) is 6.54 Å². The van der Waals surface area contributed by atoms with Gasteiger partial charge in [0.15, 0.2) is 0 Å². The molecule has 1 amide bonds. The molecular formula is C12H15Cl2NO3S. The van der Waals surface area contributed by atoms with E-state index < -0.39 is 9.05 Å². The van der Waals surface area contributed by atoms with Crippen molar-refractivity contribution in [2.24, 2.45) is 0 Å². The Hall–Kier alpha value is -0.780. The van der Waals surface area contributed by atoms with Crippen molar-refractivity contribution in [1.29, 1.82) is 0 Å². The number of carbonyl (C=O) groups is 1. The first-order chi connectivity index (χ1) is 8.86. The number of benzene rings is 1. The van der Waals surface area contributed by atoms with Crippen LogP contribution >= 0.6 is 22.3 Å². The quantitative estimate of drug-likeness (QED) is 0.646. The molecule has 0 fully saturated rings. The Kier molecular flexibility index (Phi) is 6.10. The molecule has 7 heteroatoms. The average molecular weight is 324 g/mol. The maximum Gasteiger partial charge on any atom is 0.262 e. The highest BCUT2D eigenvalue weighted by atomic mass is 35.7. The highest BCUT2D eigenvalue weighted by Crippen LogP contribution is 2.25. The molecule has 0 aromatic heterocycles. The van der Waals surface area contributed by atoms with Crippen molar-refractivity contribution in [2.45, 2.75) is 31.1 Å². The van der Waals surface area contributed by atoms with Gasteiger partial charge in [0, 0.05) is 22.8 Å². The second-order valence-corrected chi connectivity index (χ2v) is 6.99. The van der Waals surface area contributed by atoms with E-state index in [9.17, 15) is 13.2 Å². The molecule has 1 rings (SSSR count). The van der Waals surface area contributed by atoms with Crippen molar-refractivity contribution >= 4 is 37.2 Å². The third-order valence-electron chi connectivity index (χ3n) is 2.52. The first-order valence-electron chi connectivity index (χ1n) is 5.88. The third-order valence-corrected chi connectivity index (χ3v) is 4.33. The molecule has 0 heterocycles. The molecular weight excluding hydrogens is 309 g/mol. The lowest BCUT2D eigenvalue weighted by Gasteiger charge is -2.06. The molecule has 1 aromatic rings. The number of hydrogen-bond donors (Lipinski definition) is 1. The van der Waals surface area contributed by atoms with Crippen LogP contribution in [0.3, 0.4) is 0 Å². The summed E-state index contributed by atoms with van der Waals surface area (Å²) in [5, 5.41) is 2.71. The maximum atomic E-state index is 11.8. The Morgan fingerprint density at radius 2 is 2.00 bits per heavy atom. The zero-order chi connectivity index (χ0) is 14.5. The van der Waals surface area contributed by atoms with Crippen LogP contribution in [0.5, 0.6) is 0 Å². The first kappa shape index (κ1) is 16.3. The molecule has 0 aliphatic heterocycles. The molecule has 0 bridgehead atoms. The highest BCUT2D eigenvalue weighted by Gasteiger charge is 2.17. The Bertz CT molecular complexity index is 558. The lowest BCUT2D eigenvalue weighted by Crippen LogP contribution is -2.24. The van der Waals surface area contributed by atoms with E-state index in [1.165, 1.54) is 18.2 Å². The predicted octanol–water partition coefficient (Wildman–Crippen LogP) is 3.19. The number of hydrogen-bond acceptors (Lipinski definition) is 3. The van der Waals surface area contributed by atoms with Crippen molar-refractivity contribution in [3.05, 3.63) is 28.8 Å². The predicted molar refractivity (Wildman–Crippen MR) is 76.3 cm³/mol. The summed E-state index contributed by atoms with van der Waals surface area (Å²) in [5.74, 6) is -0.339. The summed E-state index contributed by atoms with van der Waals surface area (Å²) < 4.78 is 22.6. The Morgan fingerprint density at radius 3 is 2.58 bits per heavy atom. The van der Waals surface area contributed by atoms with Gasteiger partial charge in [0.05, 0.1) is 5.02 Å². The monoisotopic (exact) mass is 323 g/mol. The second-order valence-electron chi connectivity index (χ2n) is 4.05. The number of rotatable bonds is 6. The molecule has 1 N–H and O–H groups in total. The first-order valence-corrected chi connectivity index (χ1v) is 8.57. The van der Waals surface area contributed by atoms with Gasteiger partial charge in [0.2, 0.25) is 0 Å². The minimum absolute atomic E-state index is 0.00228. The van der Waals surface area contributed by atoms with Crippen molar-refractivity contribution in [1.82, 2.24) is 5.32 Å². The van der Waals surface area contributed by atoms with Gasteiger partial charge >= 0.3 is 0 Å². The topological polar surface area (TPSA) is 63.2 Å². The van der Waals surface area contributed by atoms with Crippen LogP contribution in [-0.2, 0) is 9.05 Å². The van der Waals surface area contributed by atoms with Gasteiger partial charge in [-0.3, -0.25) is 4.79 Å².